The van der Waals surface area contributed by atoms with E-state index in [0.717, 1.165) is 16.4 Å². The average molecular weight is 577 g/mol. The Hall–Kier alpha value is -4.47. The smallest absolute Gasteiger partial charge is 0.234 e. The molecule has 9 heteroatoms. The number of amides is 1. The van der Waals surface area contributed by atoms with E-state index in [1.165, 1.54) is 17.3 Å². The SMILES string of the molecule is Cc1ccc(SCc2nnc(SCC(=O)Nc3ccc4c(c3)C(=O)c3ccccc3C4=O)n2-c2ccccc2)cc1. The molecule has 1 aromatic heterocycles. The third kappa shape index (κ3) is 5.59. The Bertz CT molecular complexity index is 1780. The van der Waals surface area contributed by atoms with Gasteiger partial charge in [0.15, 0.2) is 16.7 Å². The van der Waals surface area contributed by atoms with E-state index in [0.29, 0.717) is 38.9 Å². The number of hydrogen-bond acceptors (Lipinski definition) is 7. The lowest BCUT2D eigenvalue weighted by atomic mass is 9.84. The van der Waals surface area contributed by atoms with Crippen LogP contribution in [0.15, 0.2) is 107 Å². The van der Waals surface area contributed by atoms with Crippen LogP contribution < -0.4 is 5.32 Å². The van der Waals surface area contributed by atoms with E-state index in [4.69, 9.17) is 0 Å². The number of benzene rings is 4. The Labute approximate surface area is 245 Å². The molecule has 1 aliphatic carbocycles. The molecule has 0 fully saturated rings. The zero-order valence-corrected chi connectivity index (χ0v) is 23.7. The standard InChI is InChI=1S/C32H24N4O3S2/c1-20-11-14-23(15-12-20)40-18-28-34-35-32(36(28)22-7-3-2-4-8-22)41-19-29(37)33-21-13-16-26-27(17-21)31(39)25-10-6-5-9-24(25)30(26)38/h2-17H,18-19H2,1H3,(H,33,37). The van der Waals surface area contributed by atoms with Crippen molar-refractivity contribution in [3.05, 3.63) is 131 Å². The lowest BCUT2D eigenvalue weighted by molar-refractivity contribution is -0.113. The van der Waals surface area contributed by atoms with Crippen LogP contribution in [-0.2, 0) is 10.5 Å². The first-order chi connectivity index (χ1) is 20.0. The van der Waals surface area contributed by atoms with Gasteiger partial charge in [-0.05, 0) is 49.4 Å². The summed E-state index contributed by atoms with van der Waals surface area (Å²) in [5.74, 6) is 0.796. The maximum absolute atomic E-state index is 13.0. The number of aromatic nitrogens is 3. The molecule has 0 atom stereocenters. The molecule has 4 aromatic carbocycles. The van der Waals surface area contributed by atoms with Crippen molar-refractivity contribution in [1.29, 1.82) is 0 Å². The largest absolute Gasteiger partial charge is 0.325 e. The van der Waals surface area contributed by atoms with Crippen molar-refractivity contribution in [1.82, 2.24) is 14.8 Å². The summed E-state index contributed by atoms with van der Waals surface area (Å²) in [7, 11) is 0. The number of aryl methyl sites for hydroxylation is 1. The van der Waals surface area contributed by atoms with E-state index in [-0.39, 0.29) is 23.2 Å². The van der Waals surface area contributed by atoms with Gasteiger partial charge in [-0.15, -0.1) is 22.0 Å². The van der Waals surface area contributed by atoms with Gasteiger partial charge in [-0.2, -0.15) is 0 Å². The van der Waals surface area contributed by atoms with Gasteiger partial charge in [0.1, 0.15) is 5.82 Å². The van der Waals surface area contributed by atoms with Crippen molar-refractivity contribution in [2.24, 2.45) is 0 Å². The molecule has 41 heavy (non-hydrogen) atoms. The topological polar surface area (TPSA) is 94.0 Å². The van der Waals surface area contributed by atoms with Crippen LogP contribution in [-0.4, -0.2) is 38.0 Å². The van der Waals surface area contributed by atoms with Crippen LogP contribution in [0, 0.1) is 6.92 Å². The zero-order valence-electron chi connectivity index (χ0n) is 22.0. The van der Waals surface area contributed by atoms with Gasteiger partial charge in [0.25, 0.3) is 0 Å². The molecule has 1 aliphatic rings. The van der Waals surface area contributed by atoms with E-state index in [1.807, 2.05) is 34.9 Å². The molecule has 1 N–H and O–H groups in total. The molecule has 5 aromatic rings. The summed E-state index contributed by atoms with van der Waals surface area (Å²) in [5, 5.41) is 12.3. The Morgan fingerprint density at radius 3 is 2.15 bits per heavy atom. The third-order valence-corrected chi connectivity index (χ3v) is 8.58. The molecular formula is C32H24N4O3S2. The predicted octanol–water partition coefficient (Wildman–Crippen LogP) is 6.37. The van der Waals surface area contributed by atoms with Crippen LogP contribution in [0.1, 0.15) is 43.2 Å². The second-order valence-corrected chi connectivity index (χ2v) is 11.5. The lowest BCUT2D eigenvalue weighted by Gasteiger charge is -2.18. The lowest BCUT2D eigenvalue weighted by Crippen LogP contribution is -2.21. The molecule has 6 rings (SSSR count). The number of fused-ring (bicyclic) bond motifs is 2. The summed E-state index contributed by atoms with van der Waals surface area (Å²) in [6.07, 6.45) is 0. The van der Waals surface area contributed by atoms with Gasteiger partial charge in [-0.1, -0.05) is 71.9 Å². The summed E-state index contributed by atoms with van der Waals surface area (Å²) < 4.78 is 1.97. The van der Waals surface area contributed by atoms with Gasteiger partial charge < -0.3 is 5.32 Å². The molecule has 0 unspecified atom stereocenters. The molecule has 0 aliphatic heterocycles. The predicted molar refractivity (Wildman–Crippen MR) is 161 cm³/mol. The van der Waals surface area contributed by atoms with Crippen LogP contribution in [0.5, 0.6) is 0 Å². The Balaban J connectivity index is 1.17. The summed E-state index contributed by atoms with van der Waals surface area (Å²) >= 11 is 2.96. The van der Waals surface area contributed by atoms with Crippen molar-refractivity contribution in [3.63, 3.8) is 0 Å². The average Bonchev–Trinajstić information content (AvgIpc) is 3.41. The second kappa shape index (κ2) is 11.6. The highest BCUT2D eigenvalue weighted by Crippen LogP contribution is 2.30. The number of hydrogen-bond donors (Lipinski definition) is 1. The Morgan fingerprint density at radius 2 is 1.41 bits per heavy atom. The number of nitrogens with one attached hydrogen (secondary N) is 1. The highest BCUT2D eigenvalue weighted by molar-refractivity contribution is 7.99. The van der Waals surface area contributed by atoms with Crippen molar-refractivity contribution < 1.29 is 14.4 Å². The number of carbonyl (C=O) groups is 3. The number of nitrogens with zero attached hydrogens (tertiary/aromatic N) is 3. The molecule has 1 amide bonds. The van der Waals surface area contributed by atoms with E-state index < -0.39 is 0 Å². The number of rotatable bonds is 8. The minimum Gasteiger partial charge on any atom is -0.325 e. The minimum atomic E-state index is -0.261. The number of para-hydroxylation sites is 1. The molecule has 202 valence electrons. The number of ketones is 2. The maximum Gasteiger partial charge on any atom is 0.234 e. The number of anilines is 1. The van der Waals surface area contributed by atoms with Crippen LogP contribution >= 0.6 is 23.5 Å². The van der Waals surface area contributed by atoms with Crippen LogP contribution in [0.2, 0.25) is 0 Å². The molecule has 7 nitrogen and oxygen atoms in total. The molecule has 0 saturated carbocycles. The van der Waals surface area contributed by atoms with Crippen molar-refractivity contribution in [2.75, 3.05) is 11.1 Å². The molecule has 0 bridgehead atoms. The summed E-state index contributed by atoms with van der Waals surface area (Å²) in [6.45, 7) is 2.06. The number of carbonyl (C=O) groups excluding carboxylic acids is 3. The first-order valence-electron chi connectivity index (χ1n) is 12.9. The Kier molecular flexibility index (Phi) is 7.54. The van der Waals surface area contributed by atoms with Gasteiger partial charge in [0, 0.05) is 38.5 Å². The fourth-order valence-corrected chi connectivity index (χ4v) is 6.19. The van der Waals surface area contributed by atoms with Crippen LogP contribution in [0.3, 0.4) is 0 Å². The van der Waals surface area contributed by atoms with E-state index in [2.05, 4.69) is 46.7 Å². The van der Waals surface area contributed by atoms with Crippen LogP contribution in [0.25, 0.3) is 5.69 Å². The second-order valence-electron chi connectivity index (χ2n) is 9.47. The van der Waals surface area contributed by atoms with E-state index in [9.17, 15) is 14.4 Å². The highest BCUT2D eigenvalue weighted by Gasteiger charge is 2.29. The van der Waals surface area contributed by atoms with Gasteiger partial charge in [-0.3, -0.25) is 19.0 Å². The molecular weight excluding hydrogens is 553 g/mol. The quantitative estimate of drug-likeness (QED) is 0.210. The molecule has 0 radical (unpaired) electrons. The summed E-state index contributed by atoms with van der Waals surface area (Å²) in [5.41, 5.74) is 3.98. The normalized spacial score (nSPS) is 12.1. The van der Waals surface area contributed by atoms with Crippen molar-refractivity contribution >= 4 is 46.7 Å². The molecule has 1 heterocycles. The van der Waals surface area contributed by atoms with E-state index in [1.54, 1.807) is 54.2 Å². The van der Waals surface area contributed by atoms with Gasteiger partial charge in [0.05, 0.1) is 11.5 Å². The van der Waals surface area contributed by atoms with Gasteiger partial charge in [-0.25, -0.2) is 0 Å². The fraction of sp³-hybridized carbons (Fsp3) is 0.0938. The first kappa shape index (κ1) is 26.7. The molecule has 0 saturated heterocycles. The van der Waals surface area contributed by atoms with Gasteiger partial charge in [0.2, 0.25) is 5.91 Å². The summed E-state index contributed by atoms with van der Waals surface area (Å²) in [4.78, 5) is 40.0. The molecule has 0 spiro atoms. The van der Waals surface area contributed by atoms with Gasteiger partial charge >= 0.3 is 0 Å². The minimum absolute atomic E-state index is 0.0862. The highest BCUT2D eigenvalue weighted by atomic mass is 32.2. The maximum atomic E-state index is 13.0. The third-order valence-electron chi connectivity index (χ3n) is 6.64. The van der Waals surface area contributed by atoms with Crippen molar-refractivity contribution in [3.8, 4) is 5.69 Å². The summed E-state index contributed by atoms with van der Waals surface area (Å²) in [6, 6.07) is 29.8. The fourth-order valence-electron chi connectivity index (χ4n) is 4.61. The monoisotopic (exact) mass is 576 g/mol. The first-order valence-corrected chi connectivity index (χ1v) is 14.9. The zero-order chi connectivity index (χ0) is 28.3. The number of thioether (sulfide) groups is 2. The van der Waals surface area contributed by atoms with E-state index >= 15 is 0 Å². The van der Waals surface area contributed by atoms with Crippen molar-refractivity contribution in [2.45, 2.75) is 22.7 Å². The van der Waals surface area contributed by atoms with Crippen LogP contribution in [0.4, 0.5) is 5.69 Å². The Morgan fingerprint density at radius 1 is 0.756 bits per heavy atom.